The molecule has 1 aliphatic heterocycles. The molecule has 0 saturated heterocycles. The minimum absolute atomic E-state index is 0.163. The standard InChI is InChI=1S/C25H30N4O5S/c1-27(16-22-26-8-12-35-22)25(31)24-18-7-9-28(10-11-29(18)23(30)14-21(24)34-4)15-17-5-6-19(32-2)20(13-17)33-3/h5-6,8,12-14H,7,9-11,15-16H2,1-4H3. The van der Waals surface area contributed by atoms with Crippen molar-refractivity contribution >= 4 is 17.2 Å². The first-order valence-electron chi connectivity index (χ1n) is 11.3. The van der Waals surface area contributed by atoms with Crippen LogP contribution in [0.15, 0.2) is 40.6 Å². The van der Waals surface area contributed by atoms with Crippen molar-refractivity contribution in [2.45, 2.75) is 26.1 Å². The predicted molar refractivity (Wildman–Crippen MR) is 134 cm³/mol. The Balaban J connectivity index is 1.59. The number of hydrogen-bond donors (Lipinski definition) is 0. The van der Waals surface area contributed by atoms with Gasteiger partial charge in [-0.25, -0.2) is 4.98 Å². The number of aromatic nitrogens is 2. The number of fused-ring (bicyclic) bond motifs is 1. The first-order valence-corrected chi connectivity index (χ1v) is 12.2. The van der Waals surface area contributed by atoms with Crippen LogP contribution in [0.4, 0.5) is 0 Å². The lowest BCUT2D eigenvalue weighted by Crippen LogP contribution is -2.32. The number of hydrogen-bond acceptors (Lipinski definition) is 8. The summed E-state index contributed by atoms with van der Waals surface area (Å²) in [5, 5.41) is 2.73. The zero-order valence-corrected chi connectivity index (χ0v) is 21.3. The van der Waals surface area contributed by atoms with E-state index in [1.807, 2.05) is 23.6 Å². The molecule has 0 N–H and O–H groups in total. The Morgan fingerprint density at radius 2 is 1.83 bits per heavy atom. The maximum absolute atomic E-state index is 13.5. The number of carbonyl (C=O) groups excluding carboxylic acids is 1. The highest BCUT2D eigenvalue weighted by molar-refractivity contribution is 7.09. The van der Waals surface area contributed by atoms with Gasteiger partial charge in [0.1, 0.15) is 16.3 Å². The molecular formula is C25H30N4O5S. The van der Waals surface area contributed by atoms with Crippen molar-refractivity contribution in [1.29, 1.82) is 0 Å². The van der Waals surface area contributed by atoms with Crippen molar-refractivity contribution < 1.29 is 19.0 Å². The van der Waals surface area contributed by atoms with Gasteiger partial charge in [-0.3, -0.25) is 14.5 Å². The van der Waals surface area contributed by atoms with Crippen LogP contribution in [-0.4, -0.2) is 66.7 Å². The summed E-state index contributed by atoms with van der Waals surface area (Å²) in [5.74, 6) is 1.49. The molecule has 10 heteroatoms. The molecule has 0 unspecified atom stereocenters. The average molecular weight is 499 g/mol. The van der Waals surface area contributed by atoms with Gasteiger partial charge in [-0.05, 0) is 17.7 Å². The van der Waals surface area contributed by atoms with E-state index in [-0.39, 0.29) is 11.5 Å². The molecule has 9 nitrogen and oxygen atoms in total. The Labute approximate surface area is 208 Å². The summed E-state index contributed by atoms with van der Waals surface area (Å²) in [4.78, 5) is 34.6. The molecule has 35 heavy (non-hydrogen) atoms. The maximum atomic E-state index is 13.5. The molecule has 1 aromatic carbocycles. The summed E-state index contributed by atoms with van der Waals surface area (Å²) >= 11 is 1.50. The van der Waals surface area contributed by atoms with Crippen molar-refractivity contribution in [2.75, 3.05) is 41.5 Å². The molecule has 1 amide bonds. The number of amides is 1. The lowest BCUT2D eigenvalue weighted by molar-refractivity contribution is 0.0779. The van der Waals surface area contributed by atoms with E-state index >= 15 is 0 Å². The number of carbonyl (C=O) groups is 1. The number of pyridine rings is 1. The van der Waals surface area contributed by atoms with E-state index in [4.69, 9.17) is 14.2 Å². The molecule has 0 fully saturated rings. The molecule has 0 bridgehead atoms. The molecular weight excluding hydrogens is 468 g/mol. The third-order valence-corrected chi connectivity index (χ3v) is 6.94. The molecule has 0 atom stereocenters. The molecule has 3 aromatic rings. The Kier molecular flexibility index (Phi) is 7.72. The van der Waals surface area contributed by atoms with Crippen LogP contribution in [-0.2, 0) is 26.1 Å². The molecule has 4 rings (SSSR count). The second-order valence-corrected chi connectivity index (χ2v) is 9.31. The number of benzene rings is 1. The summed E-state index contributed by atoms with van der Waals surface area (Å²) in [6.45, 7) is 2.94. The first-order chi connectivity index (χ1) is 16.9. The van der Waals surface area contributed by atoms with E-state index in [2.05, 4.69) is 9.88 Å². The average Bonchev–Trinajstić information content (AvgIpc) is 3.29. The zero-order valence-electron chi connectivity index (χ0n) is 20.4. The van der Waals surface area contributed by atoms with Crippen LogP contribution in [0.2, 0.25) is 0 Å². The van der Waals surface area contributed by atoms with E-state index in [0.717, 1.165) is 10.6 Å². The van der Waals surface area contributed by atoms with E-state index in [9.17, 15) is 9.59 Å². The van der Waals surface area contributed by atoms with Crippen LogP contribution in [0.3, 0.4) is 0 Å². The van der Waals surface area contributed by atoms with Crippen LogP contribution in [0.25, 0.3) is 0 Å². The normalized spacial score (nSPS) is 13.6. The van der Waals surface area contributed by atoms with Gasteiger partial charge in [-0.15, -0.1) is 11.3 Å². The molecule has 0 aliphatic carbocycles. The topological polar surface area (TPSA) is 86.1 Å². The Hall–Kier alpha value is -3.37. The summed E-state index contributed by atoms with van der Waals surface area (Å²) in [6, 6.07) is 7.29. The Morgan fingerprint density at radius 1 is 1.06 bits per heavy atom. The SMILES string of the molecule is COc1ccc(CN2CCc3c(C(=O)N(C)Cc4nccs4)c(OC)cc(=O)n3CC2)cc1OC. The molecule has 1 aliphatic rings. The summed E-state index contributed by atoms with van der Waals surface area (Å²) < 4.78 is 18.0. The minimum atomic E-state index is -0.186. The van der Waals surface area contributed by atoms with Gasteiger partial charge in [0.15, 0.2) is 11.5 Å². The van der Waals surface area contributed by atoms with Crippen LogP contribution in [0, 0.1) is 0 Å². The van der Waals surface area contributed by atoms with Gasteiger partial charge in [0.05, 0.1) is 27.9 Å². The monoisotopic (exact) mass is 498 g/mol. The van der Waals surface area contributed by atoms with Crippen LogP contribution < -0.4 is 19.8 Å². The third-order valence-electron chi connectivity index (χ3n) is 6.18. The van der Waals surface area contributed by atoms with Crippen LogP contribution >= 0.6 is 11.3 Å². The van der Waals surface area contributed by atoms with Crippen molar-refractivity contribution in [3.05, 3.63) is 68.0 Å². The highest BCUT2D eigenvalue weighted by Crippen LogP contribution is 2.29. The van der Waals surface area contributed by atoms with Gasteiger partial charge in [-0.1, -0.05) is 6.07 Å². The van der Waals surface area contributed by atoms with Gasteiger partial charge >= 0.3 is 0 Å². The molecule has 0 radical (unpaired) electrons. The Morgan fingerprint density at radius 3 is 2.51 bits per heavy atom. The van der Waals surface area contributed by atoms with Gasteiger partial charge < -0.3 is 23.7 Å². The van der Waals surface area contributed by atoms with Crippen molar-refractivity contribution in [3.63, 3.8) is 0 Å². The van der Waals surface area contributed by atoms with Gasteiger partial charge in [0.25, 0.3) is 11.5 Å². The van der Waals surface area contributed by atoms with E-state index in [1.54, 1.807) is 36.9 Å². The molecule has 2 aromatic heterocycles. The van der Waals surface area contributed by atoms with Crippen molar-refractivity contribution in [2.24, 2.45) is 0 Å². The van der Waals surface area contributed by atoms with Gasteiger partial charge in [-0.2, -0.15) is 0 Å². The van der Waals surface area contributed by atoms with E-state index in [0.29, 0.717) is 67.7 Å². The van der Waals surface area contributed by atoms with E-state index in [1.165, 1.54) is 24.5 Å². The fourth-order valence-corrected chi connectivity index (χ4v) is 5.05. The third kappa shape index (κ3) is 5.33. The van der Waals surface area contributed by atoms with Gasteiger partial charge in [0.2, 0.25) is 0 Å². The van der Waals surface area contributed by atoms with Crippen LogP contribution in [0.1, 0.15) is 26.6 Å². The van der Waals surface area contributed by atoms with Crippen LogP contribution in [0.5, 0.6) is 17.2 Å². The number of ether oxygens (including phenoxy) is 3. The first kappa shape index (κ1) is 24.7. The molecule has 3 heterocycles. The van der Waals surface area contributed by atoms with Gasteiger partial charge in [0, 0.05) is 63.0 Å². The number of methoxy groups -OCH3 is 3. The summed E-state index contributed by atoms with van der Waals surface area (Å²) in [7, 11) is 6.46. The quantitative estimate of drug-likeness (QED) is 0.472. The number of rotatable bonds is 8. The van der Waals surface area contributed by atoms with Crippen molar-refractivity contribution in [3.8, 4) is 17.2 Å². The summed E-state index contributed by atoms with van der Waals surface area (Å²) in [6.07, 6.45) is 2.27. The molecule has 0 saturated carbocycles. The second-order valence-electron chi connectivity index (χ2n) is 8.33. The smallest absolute Gasteiger partial charge is 0.259 e. The molecule has 0 spiro atoms. The fourth-order valence-electron chi connectivity index (χ4n) is 4.38. The second kappa shape index (κ2) is 10.9. The highest BCUT2D eigenvalue weighted by Gasteiger charge is 2.27. The number of thiazole rings is 1. The fraction of sp³-hybridized carbons (Fsp3) is 0.400. The maximum Gasteiger partial charge on any atom is 0.259 e. The highest BCUT2D eigenvalue weighted by atomic mass is 32.1. The van der Waals surface area contributed by atoms with Crippen molar-refractivity contribution in [1.82, 2.24) is 19.4 Å². The zero-order chi connectivity index (χ0) is 24.9. The molecule has 186 valence electrons. The summed E-state index contributed by atoms with van der Waals surface area (Å²) in [5.41, 5.74) is 2.07. The Bertz CT molecular complexity index is 1240. The van der Waals surface area contributed by atoms with E-state index < -0.39 is 0 Å². The lowest BCUT2D eigenvalue weighted by Gasteiger charge is -2.21. The predicted octanol–water partition coefficient (Wildman–Crippen LogP) is 2.66. The minimum Gasteiger partial charge on any atom is -0.496 e. The largest absolute Gasteiger partial charge is 0.496 e. The lowest BCUT2D eigenvalue weighted by atomic mass is 10.1. The number of nitrogens with zero attached hydrogens (tertiary/aromatic N) is 4.